The molecule has 18 heavy (non-hydrogen) atoms. The number of hydrogen-bond donors (Lipinski definition) is 1. The van der Waals surface area contributed by atoms with E-state index in [4.69, 9.17) is 11.6 Å². The van der Waals surface area contributed by atoms with Crippen LogP contribution in [0.4, 0.5) is 5.69 Å². The lowest BCUT2D eigenvalue weighted by atomic mass is 10.2. The maximum absolute atomic E-state index is 5.95. The van der Waals surface area contributed by atoms with E-state index in [-0.39, 0.29) is 0 Å². The molecule has 0 saturated carbocycles. The number of aromatic nitrogens is 1. The highest BCUT2D eigenvalue weighted by Crippen LogP contribution is 2.20. The van der Waals surface area contributed by atoms with E-state index in [2.05, 4.69) is 42.1 Å². The third kappa shape index (κ3) is 3.08. The second-order valence-corrected chi connectivity index (χ2v) is 4.94. The number of anilines is 1. The third-order valence-electron chi connectivity index (χ3n) is 3.04. The van der Waals surface area contributed by atoms with Crippen molar-refractivity contribution in [2.75, 3.05) is 5.32 Å². The first-order valence-corrected chi connectivity index (χ1v) is 6.72. The fourth-order valence-corrected chi connectivity index (χ4v) is 2.31. The molecule has 1 aromatic carbocycles. The molecule has 1 N–H and O–H groups in total. The predicted molar refractivity (Wildman–Crippen MR) is 78.2 cm³/mol. The minimum absolute atomic E-state index is 0.785. The van der Waals surface area contributed by atoms with Crippen molar-refractivity contribution in [1.82, 2.24) is 4.57 Å². The molecule has 96 valence electrons. The molecule has 0 amide bonds. The Morgan fingerprint density at radius 2 is 2.11 bits per heavy atom. The third-order valence-corrected chi connectivity index (χ3v) is 3.27. The SMILES string of the molecule is CCCn1cccc1CNc1ccc(Cl)cc1C. The second kappa shape index (κ2) is 5.96. The minimum Gasteiger partial charge on any atom is -0.379 e. The summed E-state index contributed by atoms with van der Waals surface area (Å²) < 4.78 is 2.29. The maximum atomic E-state index is 5.95. The van der Waals surface area contributed by atoms with Crippen molar-refractivity contribution in [3.63, 3.8) is 0 Å². The molecule has 3 heteroatoms. The van der Waals surface area contributed by atoms with Crippen molar-refractivity contribution in [3.8, 4) is 0 Å². The molecule has 2 nitrogen and oxygen atoms in total. The van der Waals surface area contributed by atoms with Crippen LogP contribution in [0.15, 0.2) is 36.5 Å². The Bertz CT molecular complexity index is 517. The zero-order chi connectivity index (χ0) is 13.0. The molecule has 2 rings (SSSR count). The van der Waals surface area contributed by atoms with E-state index < -0.39 is 0 Å². The molecule has 0 bridgehead atoms. The molecular weight excluding hydrogens is 244 g/mol. The van der Waals surface area contributed by atoms with Crippen molar-refractivity contribution in [2.24, 2.45) is 0 Å². The Kier molecular flexibility index (Phi) is 4.32. The van der Waals surface area contributed by atoms with E-state index in [0.717, 1.165) is 30.2 Å². The fraction of sp³-hybridized carbons (Fsp3) is 0.333. The topological polar surface area (TPSA) is 17.0 Å². The van der Waals surface area contributed by atoms with Crippen molar-refractivity contribution >= 4 is 17.3 Å². The van der Waals surface area contributed by atoms with Crippen LogP contribution in [0.25, 0.3) is 0 Å². The number of nitrogens with one attached hydrogen (secondary N) is 1. The highest BCUT2D eigenvalue weighted by Gasteiger charge is 2.02. The molecule has 0 fully saturated rings. The summed E-state index contributed by atoms with van der Waals surface area (Å²) in [6, 6.07) is 10.2. The van der Waals surface area contributed by atoms with E-state index in [1.807, 2.05) is 18.2 Å². The maximum Gasteiger partial charge on any atom is 0.0553 e. The Morgan fingerprint density at radius 1 is 1.28 bits per heavy atom. The lowest BCUT2D eigenvalue weighted by Gasteiger charge is -2.12. The van der Waals surface area contributed by atoms with Gasteiger partial charge in [-0.3, -0.25) is 0 Å². The van der Waals surface area contributed by atoms with Gasteiger partial charge in [0.25, 0.3) is 0 Å². The average molecular weight is 263 g/mol. The lowest BCUT2D eigenvalue weighted by molar-refractivity contribution is 0.654. The normalized spacial score (nSPS) is 10.6. The number of rotatable bonds is 5. The molecule has 0 unspecified atom stereocenters. The average Bonchev–Trinajstić information content (AvgIpc) is 2.76. The van der Waals surface area contributed by atoms with Crippen molar-refractivity contribution < 1.29 is 0 Å². The van der Waals surface area contributed by atoms with Crippen molar-refractivity contribution in [1.29, 1.82) is 0 Å². The molecule has 1 heterocycles. The van der Waals surface area contributed by atoms with Crippen LogP contribution in [0.3, 0.4) is 0 Å². The van der Waals surface area contributed by atoms with Crippen LogP contribution >= 0.6 is 11.6 Å². The summed E-state index contributed by atoms with van der Waals surface area (Å²) in [5.41, 5.74) is 3.63. The number of aryl methyl sites for hydroxylation is 2. The van der Waals surface area contributed by atoms with E-state index in [9.17, 15) is 0 Å². The van der Waals surface area contributed by atoms with Gasteiger partial charge in [-0.05, 0) is 49.2 Å². The summed E-state index contributed by atoms with van der Waals surface area (Å²) in [5.74, 6) is 0. The Balaban J connectivity index is 2.04. The minimum atomic E-state index is 0.785. The predicted octanol–water partition coefficient (Wildman–Crippen LogP) is 4.47. The Morgan fingerprint density at radius 3 is 2.83 bits per heavy atom. The first-order chi connectivity index (χ1) is 8.70. The number of nitrogens with zero attached hydrogens (tertiary/aromatic N) is 1. The zero-order valence-electron chi connectivity index (χ0n) is 10.9. The van der Waals surface area contributed by atoms with E-state index >= 15 is 0 Å². The van der Waals surface area contributed by atoms with Crippen LogP contribution in [0.2, 0.25) is 5.02 Å². The van der Waals surface area contributed by atoms with Gasteiger partial charge in [0, 0.05) is 29.1 Å². The Hall–Kier alpha value is -1.41. The van der Waals surface area contributed by atoms with Gasteiger partial charge in [-0.2, -0.15) is 0 Å². The summed E-state index contributed by atoms with van der Waals surface area (Å²) in [5, 5.41) is 4.25. The number of hydrogen-bond acceptors (Lipinski definition) is 1. The second-order valence-electron chi connectivity index (χ2n) is 4.51. The summed E-state index contributed by atoms with van der Waals surface area (Å²) >= 11 is 5.95. The van der Waals surface area contributed by atoms with Gasteiger partial charge >= 0.3 is 0 Å². The Labute approximate surface area is 114 Å². The smallest absolute Gasteiger partial charge is 0.0553 e. The highest BCUT2D eigenvalue weighted by molar-refractivity contribution is 6.30. The quantitative estimate of drug-likeness (QED) is 0.841. The van der Waals surface area contributed by atoms with Crippen LogP contribution in [0.1, 0.15) is 24.6 Å². The molecule has 0 aliphatic rings. The highest BCUT2D eigenvalue weighted by atomic mass is 35.5. The van der Waals surface area contributed by atoms with Gasteiger partial charge in [-0.1, -0.05) is 18.5 Å². The first kappa shape index (κ1) is 13.0. The zero-order valence-corrected chi connectivity index (χ0v) is 11.7. The van der Waals surface area contributed by atoms with Gasteiger partial charge in [-0.25, -0.2) is 0 Å². The molecule has 0 spiro atoms. The number of halogens is 1. The van der Waals surface area contributed by atoms with Gasteiger partial charge in [0.2, 0.25) is 0 Å². The summed E-state index contributed by atoms with van der Waals surface area (Å²) in [6.45, 7) is 6.18. The lowest BCUT2D eigenvalue weighted by Crippen LogP contribution is -2.07. The molecule has 0 aliphatic heterocycles. The summed E-state index contributed by atoms with van der Waals surface area (Å²) in [7, 11) is 0. The molecule has 2 aromatic rings. The molecular formula is C15H19ClN2. The fourth-order valence-electron chi connectivity index (χ4n) is 2.08. The van der Waals surface area contributed by atoms with Crippen LogP contribution in [-0.2, 0) is 13.1 Å². The summed E-state index contributed by atoms with van der Waals surface area (Å²) in [4.78, 5) is 0. The van der Waals surface area contributed by atoms with Gasteiger partial charge in [-0.15, -0.1) is 0 Å². The van der Waals surface area contributed by atoms with Crippen LogP contribution in [0, 0.1) is 6.92 Å². The van der Waals surface area contributed by atoms with Gasteiger partial charge < -0.3 is 9.88 Å². The van der Waals surface area contributed by atoms with Crippen LogP contribution < -0.4 is 5.32 Å². The molecule has 0 saturated heterocycles. The van der Waals surface area contributed by atoms with Gasteiger partial charge in [0.05, 0.1) is 6.54 Å². The van der Waals surface area contributed by atoms with E-state index in [0.29, 0.717) is 0 Å². The van der Waals surface area contributed by atoms with E-state index in [1.54, 1.807) is 0 Å². The monoisotopic (exact) mass is 262 g/mol. The van der Waals surface area contributed by atoms with Crippen molar-refractivity contribution in [3.05, 3.63) is 52.8 Å². The standard InChI is InChI=1S/C15H19ClN2/c1-3-8-18-9-4-5-14(18)11-17-15-7-6-13(16)10-12(15)2/h4-7,9-10,17H,3,8,11H2,1-2H3. The van der Waals surface area contributed by atoms with Gasteiger partial charge in [0.15, 0.2) is 0 Å². The number of benzene rings is 1. The summed E-state index contributed by atoms with van der Waals surface area (Å²) in [6.07, 6.45) is 3.29. The molecule has 0 radical (unpaired) electrons. The van der Waals surface area contributed by atoms with Crippen LogP contribution in [0.5, 0.6) is 0 Å². The molecule has 0 aliphatic carbocycles. The molecule has 0 atom stereocenters. The van der Waals surface area contributed by atoms with Gasteiger partial charge in [0.1, 0.15) is 0 Å². The van der Waals surface area contributed by atoms with E-state index in [1.165, 1.54) is 11.3 Å². The largest absolute Gasteiger partial charge is 0.379 e. The van der Waals surface area contributed by atoms with Crippen molar-refractivity contribution in [2.45, 2.75) is 33.4 Å². The first-order valence-electron chi connectivity index (χ1n) is 6.34. The van der Waals surface area contributed by atoms with Crippen LogP contribution in [-0.4, -0.2) is 4.57 Å². The molecule has 1 aromatic heterocycles.